The molecular formula is C28H27ClFN3O2. The summed E-state index contributed by atoms with van der Waals surface area (Å²) in [6, 6.07) is 14.3. The molecule has 3 aromatic rings. The first-order chi connectivity index (χ1) is 16.9. The highest BCUT2D eigenvalue weighted by molar-refractivity contribution is 6.32. The number of rotatable bonds is 7. The maximum Gasteiger partial charge on any atom is 0.127 e. The van der Waals surface area contributed by atoms with Gasteiger partial charge in [0.2, 0.25) is 0 Å². The van der Waals surface area contributed by atoms with Crippen molar-refractivity contribution in [2.45, 2.75) is 19.5 Å². The van der Waals surface area contributed by atoms with Crippen LogP contribution in [-0.4, -0.2) is 32.7 Å². The summed E-state index contributed by atoms with van der Waals surface area (Å²) in [5.74, 6) is 0.967. The molecule has 0 amide bonds. The van der Waals surface area contributed by atoms with Gasteiger partial charge in [-0.25, -0.2) is 4.39 Å². The van der Waals surface area contributed by atoms with Crippen LogP contribution in [0.2, 0.25) is 5.02 Å². The van der Waals surface area contributed by atoms with E-state index in [0.29, 0.717) is 51.9 Å². The van der Waals surface area contributed by atoms with Crippen LogP contribution >= 0.6 is 11.6 Å². The van der Waals surface area contributed by atoms with Crippen LogP contribution in [0.3, 0.4) is 0 Å². The van der Waals surface area contributed by atoms with Crippen LogP contribution < -0.4 is 14.8 Å². The van der Waals surface area contributed by atoms with Gasteiger partial charge in [-0.15, -0.1) is 0 Å². The summed E-state index contributed by atoms with van der Waals surface area (Å²) >= 11 is 6.43. The van der Waals surface area contributed by atoms with E-state index in [9.17, 15) is 9.65 Å². The molecule has 0 fully saturated rings. The van der Waals surface area contributed by atoms with Crippen molar-refractivity contribution in [1.29, 1.82) is 5.26 Å². The zero-order valence-electron chi connectivity index (χ0n) is 20.0. The summed E-state index contributed by atoms with van der Waals surface area (Å²) in [5.41, 5.74) is 5.86. The lowest BCUT2D eigenvalue weighted by molar-refractivity contribution is 0.312. The van der Waals surface area contributed by atoms with Crippen molar-refractivity contribution in [2.75, 3.05) is 33.1 Å². The minimum absolute atomic E-state index is 0.373. The molecule has 0 aliphatic carbocycles. The first-order valence-corrected chi connectivity index (χ1v) is 11.6. The number of likely N-dealkylation sites (N-methyl/N-ethyl adjacent to an activating group) is 1. The number of nitrogens with zero attached hydrogens (tertiary/aromatic N) is 2. The lowest BCUT2D eigenvalue weighted by Crippen LogP contribution is -2.28. The number of nitrogens with one attached hydrogen (secondary N) is 1. The van der Waals surface area contributed by atoms with Gasteiger partial charge in [0.1, 0.15) is 23.4 Å². The molecule has 35 heavy (non-hydrogen) atoms. The molecule has 3 aromatic carbocycles. The third-order valence-corrected chi connectivity index (χ3v) is 6.68. The van der Waals surface area contributed by atoms with Crippen LogP contribution in [0.4, 0.5) is 10.1 Å². The Morgan fingerprint density at radius 1 is 1.20 bits per heavy atom. The number of ether oxygens (including phenoxy) is 2. The molecule has 0 atom stereocenters. The number of nitriles is 1. The molecule has 180 valence electrons. The van der Waals surface area contributed by atoms with Gasteiger partial charge in [0, 0.05) is 53.1 Å². The molecule has 1 aliphatic rings. The molecule has 5 nitrogen and oxygen atoms in total. The van der Waals surface area contributed by atoms with Gasteiger partial charge in [0.15, 0.2) is 0 Å². The zero-order valence-corrected chi connectivity index (χ0v) is 20.8. The number of methoxy groups -OCH3 is 2. The Labute approximate surface area is 210 Å². The Morgan fingerprint density at radius 3 is 2.71 bits per heavy atom. The van der Waals surface area contributed by atoms with Gasteiger partial charge < -0.3 is 19.7 Å². The SMILES string of the molecule is C=C(c1cc(F)ccc1Cl)c1c(NCc2ccc(OC)cc2OC)cc2c(c1C#N)CN(C)CC2. The quantitative estimate of drug-likeness (QED) is 0.437. The van der Waals surface area contributed by atoms with Gasteiger partial charge in [-0.05, 0) is 66.6 Å². The number of anilines is 1. The predicted octanol–water partition coefficient (Wildman–Crippen LogP) is 6.03. The van der Waals surface area contributed by atoms with E-state index in [1.807, 2.05) is 25.2 Å². The maximum absolute atomic E-state index is 14.1. The van der Waals surface area contributed by atoms with E-state index in [4.69, 9.17) is 21.1 Å². The van der Waals surface area contributed by atoms with Gasteiger partial charge >= 0.3 is 0 Å². The summed E-state index contributed by atoms with van der Waals surface area (Å²) in [7, 11) is 5.25. The topological polar surface area (TPSA) is 57.5 Å². The molecule has 0 saturated carbocycles. The van der Waals surface area contributed by atoms with E-state index in [-0.39, 0.29) is 0 Å². The normalized spacial score (nSPS) is 13.0. The number of fused-ring (bicyclic) bond motifs is 1. The third-order valence-electron chi connectivity index (χ3n) is 6.35. The van der Waals surface area contributed by atoms with Crippen molar-refractivity contribution in [3.8, 4) is 17.6 Å². The Kier molecular flexibility index (Phi) is 7.30. The number of hydrogen-bond donors (Lipinski definition) is 1. The van der Waals surface area contributed by atoms with Gasteiger partial charge in [-0.2, -0.15) is 5.26 Å². The lowest BCUT2D eigenvalue weighted by atomic mass is 9.86. The number of hydrogen-bond acceptors (Lipinski definition) is 5. The van der Waals surface area contributed by atoms with Gasteiger partial charge in [0.25, 0.3) is 0 Å². The van der Waals surface area contributed by atoms with Crippen LogP contribution in [0, 0.1) is 17.1 Å². The summed E-state index contributed by atoms with van der Waals surface area (Å²) < 4.78 is 25.0. The smallest absolute Gasteiger partial charge is 0.127 e. The van der Waals surface area contributed by atoms with Crippen LogP contribution in [0.15, 0.2) is 49.0 Å². The Balaban J connectivity index is 1.83. The fourth-order valence-corrected chi connectivity index (χ4v) is 4.70. The van der Waals surface area contributed by atoms with Crippen molar-refractivity contribution in [3.05, 3.63) is 93.3 Å². The second-order valence-electron chi connectivity index (χ2n) is 8.55. The highest BCUT2D eigenvalue weighted by atomic mass is 35.5. The molecule has 1 N–H and O–H groups in total. The fraction of sp³-hybridized carbons (Fsp3) is 0.250. The monoisotopic (exact) mass is 491 g/mol. The largest absolute Gasteiger partial charge is 0.497 e. The molecule has 1 heterocycles. The van der Waals surface area contributed by atoms with Crippen LogP contribution in [0.5, 0.6) is 11.5 Å². The Morgan fingerprint density at radius 2 is 2.00 bits per heavy atom. The Hall–Kier alpha value is -3.53. The van der Waals surface area contributed by atoms with Crippen molar-refractivity contribution in [1.82, 2.24) is 4.90 Å². The molecule has 0 unspecified atom stereocenters. The van der Waals surface area contributed by atoms with Crippen molar-refractivity contribution >= 4 is 22.9 Å². The van der Waals surface area contributed by atoms with Gasteiger partial charge in [0.05, 0.1) is 19.8 Å². The van der Waals surface area contributed by atoms with E-state index < -0.39 is 5.82 Å². The van der Waals surface area contributed by atoms with Crippen LogP contribution in [-0.2, 0) is 19.5 Å². The molecular weight excluding hydrogens is 465 g/mol. The zero-order chi connectivity index (χ0) is 25.1. The van der Waals surface area contributed by atoms with Crippen molar-refractivity contribution < 1.29 is 13.9 Å². The fourth-order valence-electron chi connectivity index (χ4n) is 4.47. The molecule has 0 aromatic heterocycles. The molecule has 0 radical (unpaired) electrons. The molecule has 1 aliphatic heterocycles. The predicted molar refractivity (Wildman–Crippen MR) is 138 cm³/mol. The van der Waals surface area contributed by atoms with Gasteiger partial charge in [-0.1, -0.05) is 18.2 Å². The van der Waals surface area contributed by atoms with E-state index in [0.717, 1.165) is 35.3 Å². The van der Waals surface area contributed by atoms with Gasteiger partial charge in [-0.3, -0.25) is 0 Å². The minimum Gasteiger partial charge on any atom is -0.497 e. The molecule has 0 spiro atoms. The van der Waals surface area contributed by atoms with Crippen LogP contribution in [0.25, 0.3) is 5.57 Å². The van der Waals surface area contributed by atoms with E-state index in [2.05, 4.69) is 28.9 Å². The first kappa shape index (κ1) is 24.6. The Bertz CT molecular complexity index is 1330. The number of benzene rings is 3. The third kappa shape index (κ3) is 4.97. The maximum atomic E-state index is 14.1. The minimum atomic E-state index is -0.417. The summed E-state index contributed by atoms with van der Waals surface area (Å²) in [6.45, 7) is 6.24. The van der Waals surface area contributed by atoms with Crippen molar-refractivity contribution in [3.63, 3.8) is 0 Å². The highest BCUT2D eigenvalue weighted by Gasteiger charge is 2.25. The van der Waals surface area contributed by atoms with Crippen molar-refractivity contribution in [2.24, 2.45) is 0 Å². The lowest BCUT2D eigenvalue weighted by Gasteiger charge is -2.29. The molecule has 0 saturated heterocycles. The average molecular weight is 492 g/mol. The summed E-state index contributed by atoms with van der Waals surface area (Å²) in [4.78, 5) is 2.18. The first-order valence-electron chi connectivity index (χ1n) is 11.2. The molecule has 0 bridgehead atoms. The van der Waals surface area contributed by atoms with E-state index >= 15 is 0 Å². The molecule has 7 heteroatoms. The molecule has 4 rings (SSSR count). The highest BCUT2D eigenvalue weighted by Crippen LogP contribution is 2.39. The van der Waals surface area contributed by atoms with Crippen LogP contribution in [0.1, 0.15) is 33.4 Å². The number of halogens is 2. The standard InChI is InChI=1S/C28H27ClFN3O2/c1-17(22-12-20(30)6-8-25(22)29)28-23(14-31)24-16-33(2)10-9-18(24)11-26(28)32-15-19-5-7-21(34-3)13-27(19)35-4/h5-8,11-13,32H,1,9-10,15-16H2,2-4H3. The summed E-state index contributed by atoms with van der Waals surface area (Å²) in [5, 5.41) is 14.1. The summed E-state index contributed by atoms with van der Waals surface area (Å²) in [6.07, 6.45) is 0.828. The second-order valence-corrected chi connectivity index (χ2v) is 8.95. The van der Waals surface area contributed by atoms with E-state index in [1.165, 1.54) is 18.2 Å². The average Bonchev–Trinajstić information content (AvgIpc) is 2.87. The second kappa shape index (κ2) is 10.4. The van der Waals surface area contributed by atoms with E-state index in [1.54, 1.807) is 14.2 Å².